The normalized spacial score (nSPS) is 23.9. The Morgan fingerprint density at radius 2 is 1.94 bits per heavy atom. The number of nitrogens with one attached hydrogen (secondary N) is 1. The van der Waals surface area contributed by atoms with E-state index >= 15 is 0 Å². The number of ether oxygens (including phenoxy) is 1. The number of hydrogen-bond acceptors (Lipinski definition) is 4. The van der Waals surface area contributed by atoms with E-state index in [0.29, 0.717) is 16.9 Å². The fourth-order valence-electron chi connectivity index (χ4n) is 4.45. The summed E-state index contributed by atoms with van der Waals surface area (Å²) in [4.78, 5) is 18.9. The summed E-state index contributed by atoms with van der Waals surface area (Å²) in [5.41, 5.74) is 0.829. The SMILES string of the molecule is CC(C)Oc1cnc([C@@H]2CC[C@@]3(CCN(C)C3=O)N2)cc1-c1ccc(C(F)(F)F)cc1. The van der Waals surface area contributed by atoms with Crippen LogP contribution < -0.4 is 10.1 Å². The topological polar surface area (TPSA) is 54.5 Å². The molecule has 0 bridgehead atoms. The first-order valence-electron chi connectivity index (χ1n) is 10.5. The summed E-state index contributed by atoms with van der Waals surface area (Å²) < 4.78 is 44.8. The Bertz CT molecular complexity index is 975. The number of pyridine rings is 1. The van der Waals surface area contributed by atoms with Gasteiger partial charge in [0.25, 0.3) is 0 Å². The Balaban J connectivity index is 1.66. The van der Waals surface area contributed by atoms with Crippen LogP contribution in [-0.2, 0) is 11.0 Å². The molecule has 2 atom stereocenters. The van der Waals surface area contributed by atoms with Gasteiger partial charge < -0.3 is 9.64 Å². The van der Waals surface area contributed by atoms with Crippen molar-refractivity contribution in [2.45, 2.75) is 57.0 Å². The highest BCUT2D eigenvalue weighted by atomic mass is 19.4. The molecule has 1 aromatic heterocycles. The van der Waals surface area contributed by atoms with Crippen molar-refractivity contribution >= 4 is 5.91 Å². The number of carbonyl (C=O) groups is 1. The summed E-state index contributed by atoms with van der Waals surface area (Å²) in [5.74, 6) is 0.626. The minimum atomic E-state index is -4.39. The molecule has 3 heterocycles. The summed E-state index contributed by atoms with van der Waals surface area (Å²) in [5, 5.41) is 3.49. The van der Waals surface area contributed by atoms with Crippen molar-refractivity contribution in [2.75, 3.05) is 13.6 Å². The third-order valence-corrected chi connectivity index (χ3v) is 6.07. The zero-order valence-electron chi connectivity index (χ0n) is 17.8. The summed E-state index contributed by atoms with van der Waals surface area (Å²) in [6.45, 7) is 4.49. The molecule has 31 heavy (non-hydrogen) atoms. The number of benzene rings is 1. The van der Waals surface area contributed by atoms with Gasteiger partial charge in [-0.25, -0.2) is 0 Å². The van der Waals surface area contributed by atoms with Gasteiger partial charge in [-0.2, -0.15) is 13.2 Å². The van der Waals surface area contributed by atoms with E-state index < -0.39 is 17.3 Å². The van der Waals surface area contributed by atoms with Crippen molar-refractivity contribution in [2.24, 2.45) is 0 Å². The van der Waals surface area contributed by atoms with Crippen LogP contribution in [0.15, 0.2) is 36.5 Å². The zero-order chi connectivity index (χ0) is 22.4. The lowest BCUT2D eigenvalue weighted by molar-refractivity contribution is -0.137. The average molecular weight is 433 g/mol. The molecular weight excluding hydrogens is 407 g/mol. The Morgan fingerprint density at radius 1 is 1.23 bits per heavy atom. The third-order valence-electron chi connectivity index (χ3n) is 6.07. The van der Waals surface area contributed by atoms with Crippen molar-refractivity contribution in [1.82, 2.24) is 15.2 Å². The molecule has 2 aliphatic heterocycles. The molecule has 2 aromatic rings. The molecule has 1 N–H and O–H groups in total. The number of nitrogens with zero attached hydrogens (tertiary/aromatic N) is 2. The van der Waals surface area contributed by atoms with E-state index in [1.165, 1.54) is 12.1 Å². The molecule has 1 amide bonds. The van der Waals surface area contributed by atoms with Crippen molar-refractivity contribution in [3.8, 4) is 16.9 Å². The van der Waals surface area contributed by atoms with Gasteiger partial charge in [-0.05, 0) is 56.9 Å². The molecular formula is C23H26F3N3O2. The summed E-state index contributed by atoms with van der Waals surface area (Å²) in [6, 6.07) is 6.81. The van der Waals surface area contributed by atoms with Gasteiger partial charge in [0.1, 0.15) is 11.3 Å². The molecule has 0 radical (unpaired) electrons. The maximum atomic E-state index is 13.0. The monoisotopic (exact) mass is 433 g/mol. The van der Waals surface area contributed by atoms with Crippen molar-refractivity contribution in [3.63, 3.8) is 0 Å². The van der Waals surface area contributed by atoms with Crippen LogP contribution in [-0.4, -0.2) is 41.0 Å². The van der Waals surface area contributed by atoms with E-state index in [1.54, 1.807) is 11.1 Å². The van der Waals surface area contributed by atoms with Gasteiger partial charge in [0, 0.05) is 19.2 Å². The van der Waals surface area contributed by atoms with E-state index in [9.17, 15) is 18.0 Å². The predicted molar refractivity (Wildman–Crippen MR) is 111 cm³/mol. The van der Waals surface area contributed by atoms with Gasteiger partial charge in [-0.15, -0.1) is 0 Å². The number of rotatable bonds is 4. The third kappa shape index (κ3) is 4.13. The van der Waals surface area contributed by atoms with E-state index in [4.69, 9.17) is 4.74 Å². The summed E-state index contributed by atoms with van der Waals surface area (Å²) in [7, 11) is 1.81. The molecule has 2 saturated heterocycles. The van der Waals surface area contributed by atoms with E-state index in [0.717, 1.165) is 43.6 Å². The largest absolute Gasteiger partial charge is 0.489 e. The Hall–Kier alpha value is -2.61. The lowest BCUT2D eigenvalue weighted by atomic mass is 9.96. The van der Waals surface area contributed by atoms with Crippen LogP contribution in [0.5, 0.6) is 5.75 Å². The van der Waals surface area contributed by atoms with Crippen molar-refractivity contribution < 1.29 is 22.7 Å². The Morgan fingerprint density at radius 3 is 2.52 bits per heavy atom. The van der Waals surface area contributed by atoms with Gasteiger partial charge in [0.05, 0.1) is 29.6 Å². The number of likely N-dealkylation sites (N-methyl/N-ethyl adjacent to an activating group) is 1. The molecule has 2 aliphatic rings. The molecule has 1 aromatic carbocycles. The second-order valence-corrected chi connectivity index (χ2v) is 8.64. The standard InChI is InChI=1S/C23H26F3N3O2/c1-14(2)31-20-13-27-19(18-8-9-22(28-18)10-11-29(3)21(22)30)12-17(20)15-4-6-16(7-5-15)23(24,25)26/h4-7,12-14,18,28H,8-11H2,1-3H3/t18-,22-/m0/s1. The van der Waals surface area contributed by atoms with Crippen LogP contribution in [0.2, 0.25) is 0 Å². The number of hydrogen-bond donors (Lipinski definition) is 1. The van der Waals surface area contributed by atoms with Gasteiger partial charge in [-0.1, -0.05) is 12.1 Å². The first-order chi connectivity index (χ1) is 14.6. The van der Waals surface area contributed by atoms with E-state index in [2.05, 4.69) is 10.3 Å². The Kier molecular flexibility index (Phi) is 5.45. The minimum Gasteiger partial charge on any atom is -0.489 e. The summed E-state index contributed by atoms with van der Waals surface area (Å²) in [6.07, 6.45) is -0.606. The quantitative estimate of drug-likeness (QED) is 0.767. The van der Waals surface area contributed by atoms with Gasteiger partial charge in [-0.3, -0.25) is 15.1 Å². The van der Waals surface area contributed by atoms with Crippen molar-refractivity contribution in [3.05, 3.63) is 47.8 Å². The number of amides is 1. The molecule has 2 fully saturated rings. The molecule has 0 unspecified atom stereocenters. The maximum Gasteiger partial charge on any atom is 0.416 e. The van der Waals surface area contributed by atoms with E-state index in [1.807, 2.05) is 27.0 Å². The second-order valence-electron chi connectivity index (χ2n) is 8.64. The van der Waals surface area contributed by atoms with Gasteiger partial charge in [0.2, 0.25) is 5.91 Å². The fourth-order valence-corrected chi connectivity index (χ4v) is 4.45. The van der Waals surface area contributed by atoms with Gasteiger partial charge in [0.15, 0.2) is 0 Å². The van der Waals surface area contributed by atoms with Crippen molar-refractivity contribution in [1.29, 1.82) is 0 Å². The molecule has 1 spiro atoms. The van der Waals surface area contributed by atoms with Crippen LogP contribution in [0.4, 0.5) is 13.2 Å². The highest BCUT2D eigenvalue weighted by Gasteiger charge is 2.50. The fraction of sp³-hybridized carbons (Fsp3) is 0.478. The number of halogens is 3. The lowest BCUT2D eigenvalue weighted by Gasteiger charge is -2.23. The van der Waals surface area contributed by atoms with Crippen LogP contribution in [0, 0.1) is 0 Å². The molecule has 0 saturated carbocycles. The van der Waals surface area contributed by atoms with Crippen LogP contribution in [0.3, 0.4) is 0 Å². The molecule has 5 nitrogen and oxygen atoms in total. The van der Waals surface area contributed by atoms with Gasteiger partial charge >= 0.3 is 6.18 Å². The number of alkyl halides is 3. The molecule has 0 aliphatic carbocycles. The predicted octanol–water partition coefficient (Wildman–Crippen LogP) is 4.58. The molecule has 8 heteroatoms. The highest BCUT2D eigenvalue weighted by molar-refractivity contribution is 5.88. The number of aromatic nitrogens is 1. The molecule has 4 rings (SSSR count). The smallest absolute Gasteiger partial charge is 0.416 e. The maximum absolute atomic E-state index is 13.0. The van der Waals surface area contributed by atoms with Crippen LogP contribution in [0.25, 0.3) is 11.1 Å². The van der Waals surface area contributed by atoms with Crippen LogP contribution >= 0.6 is 0 Å². The molecule has 166 valence electrons. The number of carbonyl (C=O) groups excluding carboxylic acids is 1. The van der Waals surface area contributed by atoms with E-state index in [-0.39, 0.29) is 18.1 Å². The zero-order valence-corrected chi connectivity index (χ0v) is 17.8. The summed E-state index contributed by atoms with van der Waals surface area (Å²) >= 11 is 0. The second kappa shape index (κ2) is 7.82. The lowest BCUT2D eigenvalue weighted by Crippen LogP contribution is -2.47. The average Bonchev–Trinajstić information content (AvgIpc) is 3.27. The first-order valence-corrected chi connectivity index (χ1v) is 10.5. The van der Waals surface area contributed by atoms with Crippen LogP contribution in [0.1, 0.15) is 50.4 Å². The first kappa shape index (κ1) is 21.6. The minimum absolute atomic E-state index is 0.100. The highest BCUT2D eigenvalue weighted by Crippen LogP contribution is 2.41. The Labute approximate surface area is 179 Å². The number of likely N-dealkylation sites (tertiary alicyclic amines) is 1.